The van der Waals surface area contributed by atoms with Gasteiger partial charge in [-0.25, -0.2) is 4.98 Å². The molecule has 4 rings (SSSR count). The van der Waals surface area contributed by atoms with E-state index in [9.17, 15) is 10.2 Å². The lowest BCUT2D eigenvalue weighted by molar-refractivity contribution is 0.404. The van der Waals surface area contributed by atoms with Crippen molar-refractivity contribution in [2.24, 2.45) is 0 Å². The Balaban J connectivity index is 2.14. The number of pyridine rings is 1. The molecule has 22 heavy (non-hydrogen) atoms. The van der Waals surface area contributed by atoms with Crippen LogP contribution in [0.15, 0.2) is 42.5 Å². The number of H-pyrrole nitrogens is 1. The number of benzene rings is 2. The van der Waals surface area contributed by atoms with Gasteiger partial charge in [0.1, 0.15) is 5.52 Å². The van der Waals surface area contributed by atoms with E-state index >= 15 is 0 Å². The van der Waals surface area contributed by atoms with Crippen LogP contribution in [0.5, 0.6) is 11.5 Å². The number of hydrogen-bond donors (Lipinski definition) is 3. The molecular formula is C17H13N3O2. The number of aromatic hydroxyl groups is 2. The second-order valence-electron chi connectivity index (χ2n) is 5.24. The van der Waals surface area contributed by atoms with E-state index in [0.717, 1.165) is 38.8 Å². The number of fused-ring (bicyclic) bond motifs is 3. The molecule has 0 atom stereocenters. The average molecular weight is 291 g/mol. The Kier molecular flexibility index (Phi) is 2.56. The molecule has 108 valence electrons. The fraction of sp³-hybridized carbons (Fsp3) is 0.0588. The Bertz CT molecular complexity index is 1020. The van der Waals surface area contributed by atoms with Gasteiger partial charge in [-0.2, -0.15) is 5.10 Å². The zero-order chi connectivity index (χ0) is 15.3. The van der Waals surface area contributed by atoms with Gasteiger partial charge in [0.15, 0.2) is 11.5 Å². The van der Waals surface area contributed by atoms with Crippen LogP contribution in [-0.2, 0) is 0 Å². The third-order valence-electron chi connectivity index (χ3n) is 3.84. The maximum Gasteiger partial charge on any atom is 0.158 e. The van der Waals surface area contributed by atoms with Crippen LogP contribution in [-0.4, -0.2) is 25.4 Å². The summed E-state index contributed by atoms with van der Waals surface area (Å²) in [7, 11) is 0. The van der Waals surface area contributed by atoms with Crippen LogP contribution in [0, 0.1) is 6.92 Å². The van der Waals surface area contributed by atoms with E-state index in [2.05, 4.69) is 10.2 Å². The summed E-state index contributed by atoms with van der Waals surface area (Å²) in [6.45, 7) is 1.90. The normalized spacial score (nSPS) is 11.3. The first-order valence-corrected chi connectivity index (χ1v) is 6.91. The molecule has 0 spiro atoms. The van der Waals surface area contributed by atoms with Gasteiger partial charge in [0, 0.05) is 16.3 Å². The van der Waals surface area contributed by atoms with Crippen LogP contribution in [0.4, 0.5) is 0 Å². The number of phenolic OH excluding ortho intramolecular Hbond substituents is 2. The molecule has 0 saturated carbocycles. The van der Waals surface area contributed by atoms with Crippen molar-refractivity contribution in [3.63, 3.8) is 0 Å². The molecular weight excluding hydrogens is 278 g/mol. The van der Waals surface area contributed by atoms with Crippen molar-refractivity contribution >= 4 is 21.8 Å². The second-order valence-corrected chi connectivity index (χ2v) is 5.24. The van der Waals surface area contributed by atoms with Crippen molar-refractivity contribution in [2.75, 3.05) is 0 Å². The van der Waals surface area contributed by atoms with Crippen molar-refractivity contribution < 1.29 is 10.2 Å². The molecule has 0 fully saturated rings. The second kappa shape index (κ2) is 4.46. The Morgan fingerprint density at radius 1 is 0.955 bits per heavy atom. The number of aryl methyl sites for hydroxylation is 1. The third kappa shape index (κ3) is 1.72. The summed E-state index contributed by atoms with van der Waals surface area (Å²) < 4.78 is 0. The van der Waals surface area contributed by atoms with Gasteiger partial charge in [0.2, 0.25) is 0 Å². The third-order valence-corrected chi connectivity index (χ3v) is 3.84. The lowest BCUT2D eigenvalue weighted by Crippen LogP contribution is -1.89. The maximum absolute atomic E-state index is 9.77. The van der Waals surface area contributed by atoms with Gasteiger partial charge in [-0.05, 0) is 25.1 Å². The highest BCUT2D eigenvalue weighted by Crippen LogP contribution is 2.35. The lowest BCUT2D eigenvalue weighted by Gasteiger charge is -2.08. The van der Waals surface area contributed by atoms with Crippen molar-refractivity contribution in [3.8, 4) is 22.8 Å². The van der Waals surface area contributed by atoms with E-state index in [0.29, 0.717) is 0 Å². The first-order valence-electron chi connectivity index (χ1n) is 6.91. The Morgan fingerprint density at radius 2 is 1.73 bits per heavy atom. The molecule has 0 aliphatic carbocycles. The Hall–Kier alpha value is -3.08. The Morgan fingerprint density at radius 3 is 2.50 bits per heavy atom. The molecule has 4 aromatic rings. The average Bonchev–Trinajstić information content (AvgIpc) is 2.91. The smallest absolute Gasteiger partial charge is 0.158 e. The predicted octanol–water partition coefficient (Wildman–Crippen LogP) is 3.50. The van der Waals surface area contributed by atoms with E-state index in [1.807, 2.05) is 31.2 Å². The fourth-order valence-corrected chi connectivity index (χ4v) is 2.72. The monoisotopic (exact) mass is 291 g/mol. The molecule has 5 nitrogen and oxygen atoms in total. The molecule has 5 heteroatoms. The molecule has 2 aromatic heterocycles. The molecule has 0 amide bonds. The number of aromatic amines is 1. The molecule has 0 unspecified atom stereocenters. The first-order chi connectivity index (χ1) is 10.6. The standard InChI is InChI=1S/C17H13N3O2/c1-9-15-17(20-19-9)12-5-3-2-4-11(12)16(18-15)10-6-7-13(21)14(22)8-10/h2-8,21-22H,1H3,(H,19,20). The molecule has 0 aliphatic heterocycles. The molecule has 0 saturated heterocycles. The topological polar surface area (TPSA) is 82.0 Å². The zero-order valence-electron chi connectivity index (χ0n) is 11.8. The summed E-state index contributed by atoms with van der Waals surface area (Å²) >= 11 is 0. The van der Waals surface area contributed by atoms with E-state index < -0.39 is 0 Å². The molecule has 0 radical (unpaired) electrons. The maximum atomic E-state index is 9.77. The van der Waals surface area contributed by atoms with Crippen LogP contribution in [0.25, 0.3) is 33.1 Å². The molecule has 2 heterocycles. The first kappa shape index (κ1) is 12.6. The quantitative estimate of drug-likeness (QED) is 0.469. The van der Waals surface area contributed by atoms with Crippen molar-refractivity contribution in [3.05, 3.63) is 48.2 Å². The number of rotatable bonds is 1. The summed E-state index contributed by atoms with van der Waals surface area (Å²) in [6, 6.07) is 12.6. The highest BCUT2D eigenvalue weighted by atomic mass is 16.3. The van der Waals surface area contributed by atoms with Crippen LogP contribution in [0.1, 0.15) is 5.69 Å². The zero-order valence-corrected chi connectivity index (χ0v) is 11.8. The lowest BCUT2D eigenvalue weighted by atomic mass is 10.0. The number of hydrogen-bond acceptors (Lipinski definition) is 4. The van der Waals surface area contributed by atoms with Crippen LogP contribution >= 0.6 is 0 Å². The summed E-state index contributed by atoms with van der Waals surface area (Å²) in [4.78, 5) is 4.72. The minimum absolute atomic E-state index is 0.145. The minimum Gasteiger partial charge on any atom is -0.504 e. The van der Waals surface area contributed by atoms with E-state index in [1.165, 1.54) is 12.1 Å². The largest absolute Gasteiger partial charge is 0.504 e. The SMILES string of the molecule is Cc1n[nH]c2c1nc(-c1ccc(O)c(O)c1)c1ccccc12. The number of phenols is 2. The van der Waals surface area contributed by atoms with Gasteiger partial charge in [0.25, 0.3) is 0 Å². The van der Waals surface area contributed by atoms with Gasteiger partial charge in [-0.15, -0.1) is 0 Å². The van der Waals surface area contributed by atoms with Gasteiger partial charge in [-0.1, -0.05) is 24.3 Å². The van der Waals surface area contributed by atoms with E-state index in [4.69, 9.17) is 4.98 Å². The van der Waals surface area contributed by atoms with Crippen molar-refractivity contribution in [1.29, 1.82) is 0 Å². The number of nitrogens with one attached hydrogen (secondary N) is 1. The van der Waals surface area contributed by atoms with Gasteiger partial charge in [-0.3, -0.25) is 5.10 Å². The predicted molar refractivity (Wildman–Crippen MR) is 84.9 cm³/mol. The van der Waals surface area contributed by atoms with Crippen LogP contribution < -0.4 is 0 Å². The molecule has 2 aromatic carbocycles. The van der Waals surface area contributed by atoms with Gasteiger partial charge >= 0.3 is 0 Å². The summed E-state index contributed by atoms with van der Waals surface area (Å²) in [5.74, 6) is -0.305. The summed E-state index contributed by atoms with van der Waals surface area (Å²) in [5.41, 5.74) is 4.03. The molecule has 0 aliphatic rings. The van der Waals surface area contributed by atoms with Gasteiger partial charge in [0.05, 0.1) is 16.9 Å². The van der Waals surface area contributed by atoms with Crippen molar-refractivity contribution in [1.82, 2.24) is 15.2 Å². The fourth-order valence-electron chi connectivity index (χ4n) is 2.72. The highest BCUT2D eigenvalue weighted by Gasteiger charge is 2.14. The highest BCUT2D eigenvalue weighted by molar-refractivity contribution is 6.09. The molecule has 3 N–H and O–H groups in total. The summed E-state index contributed by atoms with van der Waals surface area (Å²) in [5, 5.41) is 28.5. The number of aromatic nitrogens is 3. The van der Waals surface area contributed by atoms with E-state index in [-0.39, 0.29) is 11.5 Å². The van der Waals surface area contributed by atoms with Crippen LogP contribution in [0.3, 0.4) is 0 Å². The minimum atomic E-state index is -0.160. The summed E-state index contributed by atoms with van der Waals surface area (Å²) in [6.07, 6.45) is 0. The van der Waals surface area contributed by atoms with Gasteiger partial charge < -0.3 is 10.2 Å². The van der Waals surface area contributed by atoms with Crippen LogP contribution in [0.2, 0.25) is 0 Å². The Labute approximate surface area is 125 Å². The number of nitrogens with zero attached hydrogens (tertiary/aromatic N) is 2. The van der Waals surface area contributed by atoms with Crippen molar-refractivity contribution in [2.45, 2.75) is 6.92 Å². The van der Waals surface area contributed by atoms with E-state index in [1.54, 1.807) is 6.07 Å². The molecule has 0 bridgehead atoms.